The maximum atomic E-state index is 13.4. The van der Waals surface area contributed by atoms with Crippen LogP contribution >= 0.6 is 11.3 Å². The van der Waals surface area contributed by atoms with Gasteiger partial charge in [-0.2, -0.15) is 20.6 Å². The van der Waals surface area contributed by atoms with Crippen LogP contribution in [0.25, 0.3) is 22.2 Å². The standard InChI is InChI=1S/C22H21N3O3S2/c26-30(27,20-9-3-7-17-6-1-2-8-19(17)20)25-11-4-5-16(14-25)13-21-23-22(24-28-21)18-10-12-29-15-18/h1-3,6-10,12,15-16H,4-5,11,13-14H2. The summed E-state index contributed by atoms with van der Waals surface area (Å²) in [4.78, 5) is 4.87. The van der Waals surface area contributed by atoms with E-state index in [1.807, 2.05) is 47.2 Å². The second-order valence-corrected chi connectivity index (χ2v) is 10.3. The van der Waals surface area contributed by atoms with Crippen molar-refractivity contribution in [3.05, 3.63) is 65.2 Å². The largest absolute Gasteiger partial charge is 0.339 e. The van der Waals surface area contributed by atoms with Gasteiger partial charge in [0.15, 0.2) is 0 Å². The highest BCUT2D eigenvalue weighted by Gasteiger charge is 2.32. The molecule has 30 heavy (non-hydrogen) atoms. The topological polar surface area (TPSA) is 76.3 Å². The zero-order chi connectivity index (χ0) is 20.6. The number of thiophene rings is 1. The van der Waals surface area contributed by atoms with Crippen molar-refractivity contribution in [2.24, 2.45) is 5.92 Å². The minimum absolute atomic E-state index is 0.152. The molecule has 6 nitrogen and oxygen atoms in total. The van der Waals surface area contributed by atoms with Crippen LogP contribution in [0, 0.1) is 5.92 Å². The van der Waals surface area contributed by atoms with E-state index in [2.05, 4.69) is 10.1 Å². The van der Waals surface area contributed by atoms with Gasteiger partial charge in [0.2, 0.25) is 21.7 Å². The first-order chi connectivity index (χ1) is 14.6. The molecule has 0 radical (unpaired) electrons. The molecule has 3 heterocycles. The third kappa shape index (κ3) is 3.66. The van der Waals surface area contributed by atoms with Crippen LogP contribution in [0.5, 0.6) is 0 Å². The summed E-state index contributed by atoms with van der Waals surface area (Å²) < 4.78 is 33.9. The molecular formula is C22H21N3O3S2. The average Bonchev–Trinajstić information content (AvgIpc) is 3.45. The minimum atomic E-state index is -3.58. The van der Waals surface area contributed by atoms with Crippen molar-refractivity contribution in [2.75, 3.05) is 13.1 Å². The Labute approximate surface area is 179 Å². The van der Waals surface area contributed by atoms with Gasteiger partial charge in [-0.3, -0.25) is 0 Å². The first-order valence-corrected chi connectivity index (χ1v) is 12.3. The molecule has 2 aromatic carbocycles. The summed E-state index contributed by atoms with van der Waals surface area (Å²) in [5, 5.41) is 9.71. The van der Waals surface area contributed by atoms with Crippen LogP contribution in [0.4, 0.5) is 0 Å². The molecule has 1 fully saturated rings. The molecule has 8 heteroatoms. The summed E-state index contributed by atoms with van der Waals surface area (Å²) in [6, 6.07) is 15.0. The Morgan fingerprint density at radius 1 is 1.13 bits per heavy atom. The van der Waals surface area contributed by atoms with Crippen LogP contribution < -0.4 is 0 Å². The highest BCUT2D eigenvalue weighted by atomic mass is 32.2. The Hall–Kier alpha value is -2.55. The molecule has 2 aromatic heterocycles. The van der Waals surface area contributed by atoms with E-state index in [0.717, 1.165) is 29.2 Å². The van der Waals surface area contributed by atoms with E-state index in [1.54, 1.807) is 27.8 Å². The lowest BCUT2D eigenvalue weighted by molar-refractivity contribution is 0.247. The van der Waals surface area contributed by atoms with Gasteiger partial charge in [-0.1, -0.05) is 41.6 Å². The molecule has 154 valence electrons. The summed E-state index contributed by atoms with van der Waals surface area (Å²) in [6.45, 7) is 0.994. The Morgan fingerprint density at radius 3 is 2.87 bits per heavy atom. The fourth-order valence-electron chi connectivity index (χ4n) is 4.07. The zero-order valence-electron chi connectivity index (χ0n) is 16.3. The van der Waals surface area contributed by atoms with Gasteiger partial charge < -0.3 is 4.52 Å². The maximum absolute atomic E-state index is 13.4. The number of aromatic nitrogens is 2. The quantitative estimate of drug-likeness (QED) is 0.454. The van der Waals surface area contributed by atoms with E-state index in [0.29, 0.717) is 36.1 Å². The maximum Gasteiger partial charge on any atom is 0.243 e. The molecule has 1 aliphatic heterocycles. The van der Waals surface area contributed by atoms with Crippen molar-refractivity contribution >= 4 is 32.1 Å². The van der Waals surface area contributed by atoms with Crippen molar-refractivity contribution < 1.29 is 12.9 Å². The van der Waals surface area contributed by atoms with E-state index in [-0.39, 0.29) is 5.92 Å². The summed E-state index contributed by atoms with van der Waals surface area (Å²) >= 11 is 1.59. The van der Waals surface area contributed by atoms with Crippen molar-refractivity contribution in [3.8, 4) is 11.4 Å². The van der Waals surface area contributed by atoms with Gasteiger partial charge in [-0.25, -0.2) is 8.42 Å². The fraction of sp³-hybridized carbons (Fsp3) is 0.273. The van der Waals surface area contributed by atoms with Gasteiger partial charge in [-0.15, -0.1) is 0 Å². The number of piperidine rings is 1. The Kier molecular flexibility index (Phi) is 5.14. The lowest BCUT2D eigenvalue weighted by Crippen LogP contribution is -2.40. The van der Waals surface area contributed by atoms with Gasteiger partial charge in [0.25, 0.3) is 0 Å². The normalized spacial score (nSPS) is 18.1. The zero-order valence-corrected chi connectivity index (χ0v) is 17.9. The van der Waals surface area contributed by atoms with Crippen LogP contribution in [0.1, 0.15) is 18.7 Å². The molecule has 0 aliphatic carbocycles. The first-order valence-electron chi connectivity index (χ1n) is 9.94. The Bertz CT molecular complexity index is 1260. The van der Waals surface area contributed by atoms with E-state index in [9.17, 15) is 8.42 Å². The number of benzene rings is 2. The number of rotatable bonds is 5. The molecule has 0 bridgehead atoms. The molecule has 0 amide bonds. The van der Waals surface area contributed by atoms with Gasteiger partial charge in [-0.05, 0) is 41.7 Å². The summed E-state index contributed by atoms with van der Waals surface area (Å²) in [7, 11) is -3.58. The lowest BCUT2D eigenvalue weighted by Gasteiger charge is -2.31. The molecule has 5 rings (SSSR count). The van der Waals surface area contributed by atoms with Gasteiger partial charge >= 0.3 is 0 Å². The van der Waals surface area contributed by atoms with Crippen molar-refractivity contribution in [3.63, 3.8) is 0 Å². The van der Waals surface area contributed by atoms with Crippen LogP contribution in [0.2, 0.25) is 0 Å². The van der Waals surface area contributed by atoms with Gasteiger partial charge in [0.1, 0.15) is 0 Å². The van der Waals surface area contributed by atoms with Crippen LogP contribution in [-0.4, -0.2) is 36.0 Å². The Morgan fingerprint density at radius 2 is 2.00 bits per heavy atom. The third-order valence-corrected chi connectivity index (χ3v) is 8.17. The van der Waals surface area contributed by atoms with E-state index in [4.69, 9.17) is 4.52 Å². The molecule has 1 atom stereocenters. The highest BCUT2D eigenvalue weighted by molar-refractivity contribution is 7.89. The molecule has 0 N–H and O–H groups in total. The van der Waals surface area contributed by atoms with E-state index < -0.39 is 10.0 Å². The van der Waals surface area contributed by atoms with Crippen LogP contribution in [-0.2, 0) is 16.4 Å². The van der Waals surface area contributed by atoms with Crippen molar-refractivity contribution in [1.29, 1.82) is 0 Å². The second-order valence-electron chi connectivity index (χ2n) is 7.58. The first kappa shape index (κ1) is 19.4. The highest BCUT2D eigenvalue weighted by Crippen LogP contribution is 2.30. The predicted molar refractivity (Wildman–Crippen MR) is 117 cm³/mol. The van der Waals surface area contributed by atoms with E-state index in [1.165, 1.54) is 0 Å². The molecule has 1 saturated heterocycles. The van der Waals surface area contributed by atoms with Gasteiger partial charge in [0, 0.05) is 35.8 Å². The van der Waals surface area contributed by atoms with Crippen molar-refractivity contribution in [1.82, 2.24) is 14.4 Å². The smallest absolute Gasteiger partial charge is 0.243 e. The lowest BCUT2D eigenvalue weighted by atomic mass is 9.96. The molecule has 0 spiro atoms. The fourth-order valence-corrected chi connectivity index (χ4v) is 6.47. The number of sulfonamides is 1. The molecule has 4 aromatic rings. The summed E-state index contributed by atoms with van der Waals surface area (Å²) in [5.41, 5.74) is 0.943. The van der Waals surface area contributed by atoms with Crippen molar-refractivity contribution in [2.45, 2.75) is 24.2 Å². The number of hydrogen-bond acceptors (Lipinski definition) is 6. The van der Waals surface area contributed by atoms with Gasteiger partial charge in [0.05, 0.1) is 4.90 Å². The second kappa shape index (κ2) is 7.94. The molecule has 1 aliphatic rings. The van der Waals surface area contributed by atoms with Crippen LogP contribution in [0.15, 0.2) is 68.7 Å². The summed E-state index contributed by atoms with van der Waals surface area (Å²) in [6.07, 6.45) is 2.34. The minimum Gasteiger partial charge on any atom is -0.339 e. The number of nitrogens with zero attached hydrogens (tertiary/aromatic N) is 3. The van der Waals surface area contributed by atoms with Crippen LogP contribution in [0.3, 0.4) is 0 Å². The monoisotopic (exact) mass is 439 g/mol. The third-order valence-electron chi connectivity index (χ3n) is 5.56. The molecule has 1 unspecified atom stereocenters. The number of hydrogen-bond donors (Lipinski definition) is 0. The SMILES string of the molecule is O=S(=O)(c1cccc2ccccc12)N1CCCC(Cc2nc(-c3ccsc3)no2)C1. The summed E-state index contributed by atoms with van der Waals surface area (Å²) in [5.74, 6) is 1.30. The predicted octanol–water partition coefficient (Wildman–Crippen LogP) is 4.59. The molecule has 0 saturated carbocycles. The average molecular weight is 440 g/mol. The molecular weight excluding hydrogens is 418 g/mol. The van der Waals surface area contributed by atoms with E-state index >= 15 is 0 Å². The number of fused-ring (bicyclic) bond motifs is 1. The Balaban J connectivity index is 1.36.